The van der Waals surface area contributed by atoms with Crippen molar-refractivity contribution in [2.45, 2.75) is 30.8 Å². The van der Waals surface area contributed by atoms with E-state index >= 15 is 0 Å². The third-order valence-corrected chi connectivity index (χ3v) is 6.08. The number of hydrogen-bond acceptors (Lipinski definition) is 5. The van der Waals surface area contributed by atoms with Gasteiger partial charge in [-0.1, -0.05) is 35.4 Å². The van der Waals surface area contributed by atoms with Gasteiger partial charge in [0.1, 0.15) is 11.0 Å². The number of halogens is 1. The number of fused-ring (bicyclic) bond motifs is 1. The molecule has 26 heavy (non-hydrogen) atoms. The van der Waals surface area contributed by atoms with Crippen molar-refractivity contribution in [2.75, 3.05) is 7.11 Å². The third kappa shape index (κ3) is 3.20. The van der Waals surface area contributed by atoms with E-state index in [1.54, 1.807) is 24.3 Å². The molecule has 0 aromatic heterocycles. The third-order valence-electron chi connectivity index (χ3n) is 4.40. The Bertz CT molecular complexity index is 982. The number of phenols is 1. The van der Waals surface area contributed by atoms with Crippen LogP contribution >= 0.6 is 11.6 Å². The van der Waals surface area contributed by atoms with Crippen LogP contribution in [0.1, 0.15) is 28.4 Å². The Morgan fingerprint density at radius 3 is 2.81 bits per heavy atom. The second-order valence-corrected chi connectivity index (χ2v) is 8.23. The fourth-order valence-electron chi connectivity index (χ4n) is 3.12. The fourth-order valence-corrected chi connectivity index (χ4v) is 4.32. The van der Waals surface area contributed by atoms with Crippen molar-refractivity contribution in [3.63, 3.8) is 0 Å². The van der Waals surface area contributed by atoms with Crippen molar-refractivity contribution in [1.82, 2.24) is 0 Å². The topological polar surface area (TPSA) is 72.8 Å². The molecule has 0 saturated heterocycles. The average Bonchev–Trinajstić information content (AvgIpc) is 3.02. The summed E-state index contributed by atoms with van der Waals surface area (Å²) in [5.74, 6) is 0.303. The highest BCUT2D eigenvalue weighted by Gasteiger charge is 2.33. The summed E-state index contributed by atoms with van der Waals surface area (Å²) < 4.78 is 35.1. The van der Waals surface area contributed by atoms with Crippen LogP contribution in [0.25, 0.3) is 0 Å². The van der Waals surface area contributed by atoms with Crippen molar-refractivity contribution >= 4 is 21.7 Å². The first-order valence-corrected chi connectivity index (χ1v) is 9.79. The lowest BCUT2D eigenvalue weighted by atomic mass is 10.00. The van der Waals surface area contributed by atoms with Gasteiger partial charge in [-0.2, -0.15) is 8.42 Å². The standard InChI is InChI=1S/C19H19ClO5S/c1-4-5-13-15(20)9-12-10-16(25-19(12)18(13)21)14-8-11(2)6-7-17(14)26(22,23)24-3/h4,6-9,16,21H,1,5,10H2,2-3H3. The lowest BCUT2D eigenvalue weighted by Crippen LogP contribution is -2.12. The van der Waals surface area contributed by atoms with Crippen LogP contribution in [0.5, 0.6) is 11.5 Å². The van der Waals surface area contributed by atoms with Crippen LogP contribution in [-0.4, -0.2) is 20.6 Å². The van der Waals surface area contributed by atoms with Crippen LogP contribution in [0, 0.1) is 6.92 Å². The highest BCUT2D eigenvalue weighted by molar-refractivity contribution is 7.86. The van der Waals surface area contributed by atoms with Gasteiger partial charge in [0.05, 0.1) is 7.11 Å². The molecule has 3 rings (SSSR count). The van der Waals surface area contributed by atoms with Crippen molar-refractivity contribution in [1.29, 1.82) is 0 Å². The molecule has 1 aliphatic heterocycles. The summed E-state index contributed by atoms with van der Waals surface area (Å²) in [6.07, 6.45) is 1.88. The van der Waals surface area contributed by atoms with Crippen LogP contribution in [0.2, 0.25) is 5.02 Å². The van der Waals surface area contributed by atoms with Gasteiger partial charge >= 0.3 is 0 Å². The average molecular weight is 395 g/mol. The molecule has 0 saturated carbocycles. The minimum atomic E-state index is -3.89. The summed E-state index contributed by atoms with van der Waals surface area (Å²) in [4.78, 5) is 0.0558. The predicted molar refractivity (Wildman–Crippen MR) is 99.5 cm³/mol. The summed E-state index contributed by atoms with van der Waals surface area (Å²) in [5, 5.41) is 10.9. The number of benzene rings is 2. The van der Waals surface area contributed by atoms with Crippen LogP contribution in [0.4, 0.5) is 0 Å². The van der Waals surface area contributed by atoms with Crippen molar-refractivity contribution < 1.29 is 22.4 Å². The molecule has 1 heterocycles. The number of allylic oxidation sites excluding steroid dienone is 1. The first kappa shape index (κ1) is 18.8. The molecule has 2 aromatic rings. The minimum Gasteiger partial charge on any atom is -0.504 e. The Balaban J connectivity index is 2.08. The summed E-state index contributed by atoms with van der Waals surface area (Å²) in [7, 11) is -2.77. The maximum Gasteiger partial charge on any atom is 0.297 e. The molecule has 1 aliphatic rings. The number of rotatable bonds is 5. The van der Waals surface area contributed by atoms with Gasteiger partial charge in [0.25, 0.3) is 10.1 Å². The monoisotopic (exact) mass is 394 g/mol. The number of ether oxygens (including phenoxy) is 1. The smallest absolute Gasteiger partial charge is 0.297 e. The molecule has 1 unspecified atom stereocenters. The number of hydrogen-bond donors (Lipinski definition) is 1. The van der Waals surface area contributed by atoms with E-state index in [0.717, 1.165) is 18.2 Å². The predicted octanol–water partition coefficient (Wildman–Crippen LogP) is 4.09. The molecule has 1 N–H and O–H groups in total. The van der Waals surface area contributed by atoms with Crippen molar-refractivity contribution in [2.24, 2.45) is 0 Å². The zero-order valence-electron chi connectivity index (χ0n) is 14.5. The van der Waals surface area contributed by atoms with Crippen LogP contribution in [0.3, 0.4) is 0 Å². The van der Waals surface area contributed by atoms with E-state index in [1.165, 1.54) is 6.07 Å². The lowest BCUT2D eigenvalue weighted by Gasteiger charge is -2.16. The molecule has 1 atom stereocenters. The first-order valence-electron chi connectivity index (χ1n) is 8.00. The largest absolute Gasteiger partial charge is 0.504 e. The molecule has 0 spiro atoms. The number of aromatic hydroxyl groups is 1. The van der Waals surface area contributed by atoms with Gasteiger partial charge in [-0.05, 0) is 25.5 Å². The van der Waals surface area contributed by atoms with Gasteiger partial charge < -0.3 is 9.84 Å². The van der Waals surface area contributed by atoms with E-state index < -0.39 is 16.2 Å². The van der Waals surface area contributed by atoms with E-state index in [1.807, 2.05) is 6.92 Å². The fraction of sp³-hybridized carbons (Fsp3) is 0.263. The summed E-state index contributed by atoms with van der Waals surface area (Å²) in [5.41, 5.74) is 2.65. The van der Waals surface area contributed by atoms with Crippen LogP contribution < -0.4 is 4.74 Å². The lowest BCUT2D eigenvalue weighted by molar-refractivity contribution is 0.226. The highest BCUT2D eigenvalue weighted by Crippen LogP contribution is 2.47. The molecule has 138 valence electrons. The Hall–Kier alpha value is -2.02. The summed E-state index contributed by atoms with van der Waals surface area (Å²) in [6.45, 7) is 5.53. The Morgan fingerprint density at radius 2 is 2.15 bits per heavy atom. The van der Waals surface area contributed by atoms with Crippen LogP contribution in [0.15, 0.2) is 41.8 Å². The quantitative estimate of drug-likeness (QED) is 0.610. The summed E-state index contributed by atoms with van der Waals surface area (Å²) in [6, 6.07) is 6.71. The Labute approximate surface area is 158 Å². The SMILES string of the molecule is C=CCc1c(Cl)cc2c(c1O)OC(c1cc(C)ccc1S(=O)(=O)OC)C2. The van der Waals surface area contributed by atoms with Gasteiger partial charge in [-0.3, -0.25) is 4.18 Å². The number of phenolic OH excluding ortho intramolecular Hbond substituents is 1. The van der Waals surface area contributed by atoms with Gasteiger partial charge in [-0.25, -0.2) is 0 Å². The van der Waals surface area contributed by atoms with E-state index in [4.69, 9.17) is 16.3 Å². The van der Waals surface area contributed by atoms with E-state index in [9.17, 15) is 13.5 Å². The van der Waals surface area contributed by atoms with Gasteiger partial charge in [-0.15, -0.1) is 6.58 Å². The van der Waals surface area contributed by atoms with E-state index in [0.29, 0.717) is 34.7 Å². The minimum absolute atomic E-state index is 0.0290. The second-order valence-electron chi connectivity index (χ2n) is 6.14. The molecular formula is C19H19ClO5S. The summed E-state index contributed by atoms with van der Waals surface area (Å²) >= 11 is 6.26. The highest BCUT2D eigenvalue weighted by atomic mass is 35.5. The van der Waals surface area contributed by atoms with Gasteiger partial charge in [0.15, 0.2) is 11.5 Å². The zero-order chi connectivity index (χ0) is 19.1. The molecule has 0 fully saturated rings. The van der Waals surface area contributed by atoms with E-state index in [-0.39, 0.29) is 10.6 Å². The Morgan fingerprint density at radius 1 is 1.42 bits per heavy atom. The molecule has 0 bridgehead atoms. The van der Waals surface area contributed by atoms with Gasteiger partial charge in [0, 0.05) is 28.1 Å². The maximum absolute atomic E-state index is 12.3. The second kappa shape index (κ2) is 6.95. The number of aryl methyl sites for hydroxylation is 1. The molecule has 0 aliphatic carbocycles. The zero-order valence-corrected chi connectivity index (χ0v) is 16.0. The van der Waals surface area contributed by atoms with Crippen LogP contribution in [-0.2, 0) is 27.1 Å². The molecule has 0 amide bonds. The molecule has 2 aromatic carbocycles. The van der Waals surface area contributed by atoms with E-state index in [2.05, 4.69) is 10.8 Å². The van der Waals surface area contributed by atoms with Gasteiger partial charge in [0.2, 0.25) is 0 Å². The van der Waals surface area contributed by atoms with Crippen molar-refractivity contribution in [3.05, 3.63) is 64.2 Å². The molecular weight excluding hydrogens is 376 g/mol. The van der Waals surface area contributed by atoms with Crippen molar-refractivity contribution in [3.8, 4) is 11.5 Å². The Kier molecular flexibility index (Phi) is 5.01. The molecule has 5 nitrogen and oxygen atoms in total. The first-order chi connectivity index (χ1) is 12.3. The molecule has 7 heteroatoms. The molecule has 0 radical (unpaired) electrons. The maximum atomic E-state index is 12.3. The normalized spacial score (nSPS) is 16.2.